The normalized spacial score (nSPS) is 11.5. The number of carbonyl (C=O) groups excluding carboxylic acids is 2. The number of anilines is 2. The molecule has 28 heavy (non-hydrogen) atoms. The van der Waals surface area contributed by atoms with E-state index in [1.165, 1.54) is 0 Å². The van der Waals surface area contributed by atoms with Gasteiger partial charge in [0, 0.05) is 16.4 Å². The number of amides is 3. The summed E-state index contributed by atoms with van der Waals surface area (Å²) in [5.41, 5.74) is 1.88. The van der Waals surface area contributed by atoms with Crippen LogP contribution in [-0.4, -0.2) is 23.4 Å². The van der Waals surface area contributed by atoms with Gasteiger partial charge in [0.15, 0.2) is 0 Å². The van der Waals surface area contributed by atoms with E-state index in [0.717, 1.165) is 5.56 Å². The first-order chi connectivity index (χ1) is 13.2. The lowest BCUT2D eigenvalue weighted by Gasteiger charge is -2.25. The highest BCUT2D eigenvalue weighted by atomic mass is 35.5. The van der Waals surface area contributed by atoms with Crippen LogP contribution < -0.4 is 16.0 Å². The summed E-state index contributed by atoms with van der Waals surface area (Å²) in [7, 11) is 0. The quantitative estimate of drug-likeness (QED) is 0.366. The Morgan fingerprint density at radius 1 is 0.964 bits per heavy atom. The molecule has 0 fully saturated rings. The van der Waals surface area contributed by atoms with E-state index in [1.807, 2.05) is 31.2 Å². The van der Waals surface area contributed by atoms with Crippen molar-refractivity contribution in [3.63, 3.8) is 0 Å². The van der Waals surface area contributed by atoms with Gasteiger partial charge in [0.05, 0.1) is 11.3 Å². The van der Waals surface area contributed by atoms with Crippen molar-refractivity contribution in [2.24, 2.45) is 5.16 Å². The fourth-order valence-corrected chi connectivity index (χ4v) is 2.20. The summed E-state index contributed by atoms with van der Waals surface area (Å²) in [5, 5.41) is 12.4. The summed E-state index contributed by atoms with van der Waals surface area (Å²) < 4.78 is 0. The van der Waals surface area contributed by atoms with Crippen LogP contribution in [0, 0.1) is 6.92 Å². The van der Waals surface area contributed by atoms with Crippen LogP contribution in [0.1, 0.15) is 26.3 Å². The van der Waals surface area contributed by atoms with Crippen molar-refractivity contribution in [3.05, 3.63) is 59.1 Å². The zero-order chi connectivity index (χ0) is 20.7. The lowest BCUT2D eigenvalue weighted by Crippen LogP contribution is -2.50. The molecular weight excluding hydrogens is 380 g/mol. The van der Waals surface area contributed by atoms with Gasteiger partial charge in [-0.25, -0.2) is 9.59 Å². The molecular formula is C20H23ClN4O3. The third-order valence-electron chi connectivity index (χ3n) is 4.00. The molecule has 3 amide bonds. The van der Waals surface area contributed by atoms with Crippen LogP contribution in [0.3, 0.4) is 0 Å². The van der Waals surface area contributed by atoms with Gasteiger partial charge in [0.25, 0.3) is 0 Å². The third-order valence-corrected chi connectivity index (χ3v) is 4.25. The Morgan fingerprint density at radius 2 is 1.50 bits per heavy atom. The first-order valence-corrected chi connectivity index (χ1v) is 8.98. The Hall–Kier alpha value is -3.06. The van der Waals surface area contributed by atoms with Crippen molar-refractivity contribution in [1.82, 2.24) is 5.32 Å². The molecule has 2 aromatic rings. The van der Waals surface area contributed by atoms with E-state index in [0.29, 0.717) is 22.1 Å². The van der Waals surface area contributed by atoms with Gasteiger partial charge in [-0.05, 0) is 64.1 Å². The molecule has 0 atom stereocenters. The van der Waals surface area contributed by atoms with Gasteiger partial charge >= 0.3 is 12.1 Å². The number of oxime groups is 1. The predicted octanol–water partition coefficient (Wildman–Crippen LogP) is 5.17. The highest BCUT2D eigenvalue weighted by Crippen LogP contribution is 2.14. The molecule has 0 bridgehead atoms. The molecule has 0 aliphatic heterocycles. The Kier molecular flexibility index (Phi) is 7.00. The van der Waals surface area contributed by atoms with Crippen LogP contribution in [0.15, 0.2) is 53.7 Å². The van der Waals surface area contributed by atoms with E-state index in [-0.39, 0.29) is 0 Å². The van der Waals surface area contributed by atoms with Gasteiger partial charge in [0.1, 0.15) is 0 Å². The van der Waals surface area contributed by atoms with Crippen LogP contribution >= 0.6 is 11.6 Å². The largest absolute Gasteiger partial charge is 0.437 e. The Morgan fingerprint density at radius 3 is 2.11 bits per heavy atom. The van der Waals surface area contributed by atoms with Crippen molar-refractivity contribution < 1.29 is 14.4 Å². The molecule has 0 saturated carbocycles. The van der Waals surface area contributed by atoms with Crippen LogP contribution in [0.25, 0.3) is 0 Å². The van der Waals surface area contributed by atoms with E-state index in [9.17, 15) is 9.59 Å². The van der Waals surface area contributed by atoms with E-state index >= 15 is 0 Å². The van der Waals surface area contributed by atoms with Crippen molar-refractivity contribution in [2.75, 3.05) is 10.6 Å². The SMILES string of the molecule is CC(=NOC(=O)Nc1ccc(Cl)cc1)C(C)(C)NC(=O)Nc1ccc(C)cc1. The number of hydrogen-bond acceptors (Lipinski definition) is 4. The number of rotatable bonds is 5. The standard InChI is InChI=1S/C20H23ClN4O3/c1-13-5-9-16(10-6-13)22-18(26)24-20(3,4)14(2)25-28-19(27)23-17-11-7-15(21)8-12-17/h5-12H,1-4H3,(H,23,27)(H2,22,24,26). The number of nitrogens with one attached hydrogen (secondary N) is 3. The topological polar surface area (TPSA) is 91.8 Å². The minimum Gasteiger partial charge on any atom is -0.328 e. The summed E-state index contributed by atoms with van der Waals surface area (Å²) in [4.78, 5) is 28.9. The maximum Gasteiger partial charge on any atom is 0.437 e. The van der Waals surface area contributed by atoms with Crippen LogP contribution in [0.4, 0.5) is 21.0 Å². The number of nitrogens with zero attached hydrogens (tertiary/aromatic N) is 1. The van der Waals surface area contributed by atoms with Crippen molar-refractivity contribution >= 4 is 40.8 Å². The van der Waals surface area contributed by atoms with E-state index in [1.54, 1.807) is 45.0 Å². The highest BCUT2D eigenvalue weighted by molar-refractivity contribution is 6.30. The zero-order valence-corrected chi connectivity index (χ0v) is 16.9. The van der Waals surface area contributed by atoms with Gasteiger partial charge < -0.3 is 10.6 Å². The van der Waals surface area contributed by atoms with Gasteiger partial charge in [-0.3, -0.25) is 10.2 Å². The third kappa shape index (κ3) is 6.59. The molecule has 0 radical (unpaired) electrons. The number of halogens is 1. The molecule has 8 heteroatoms. The zero-order valence-electron chi connectivity index (χ0n) is 16.2. The smallest absolute Gasteiger partial charge is 0.328 e. The summed E-state index contributed by atoms with van der Waals surface area (Å²) in [6.07, 6.45) is -0.749. The summed E-state index contributed by atoms with van der Waals surface area (Å²) in [6, 6.07) is 13.6. The number of aryl methyl sites for hydroxylation is 1. The molecule has 0 aliphatic carbocycles. The van der Waals surface area contributed by atoms with Crippen LogP contribution in [0.5, 0.6) is 0 Å². The molecule has 2 rings (SSSR count). The monoisotopic (exact) mass is 402 g/mol. The molecule has 0 saturated heterocycles. The molecule has 0 aliphatic rings. The second-order valence-electron chi connectivity index (χ2n) is 6.76. The van der Waals surface area contributed by atoms with Gasteiger partial charge in [-0.2, -0.15) is 0 Å². The average Bonchev–Trinajstić information content (AvgIpc) is 2.63. The van der Waals surface area contributed by atoms with E-state index < -0.39 is 17.7 Å². The molecule has 0 heterocycles. The van der Waals surface area contributed by atoms with Crippen molar-refractivity contribution in [3.8, 4) is 0 Å². The number of urea groups is 1. The van der Waals surface area contributed by atoms with Crippen LogP contribution in [-0.2, 0) is 4.84 Å². The lowest BCUT2D eigenvalue weighted by molar-refractivity contribution is 0.165. The summed E-state index contributed by atoms with van der Waals surface area (Å²) in [6.45, 7) is 7.12. The molecule has 7 nitrogen and oxygen atoms in total. The van der Waals surface area contributed by atoms with Gasteiger partial charge in [-0.15, -0.1) is 0 Å². The Bertz CT molecular complexity index is 862. The minimum absolute atomic E-state index is 0.394. The van der Waals surface area contributed by atoms with Gasteiger partial charge in [0.2, 0.25) is 0 Å². The predicted molar refractivity (Wildman–Crippen MR) is 112 cm³/mol. The average molecular weight is 403 g/mol. The van der Waals surface area contributed by atoms with E-state index in [4.69, 9.17) is 16.4 Å². The Labute approximate surface area is 169 Å². The molecule has 0 unspecified atom stereocenters. The minimum atomic E-state index is -0.838. The highest BCUT2D eigenvalue weighted by Gasteiger charge is 2.25. The molecule has 0 aromatic heterocycles. The molecule has 148 valence electrons. The van der Waals surface area contributed by atoms with Gasteiger partial charge in [-0.1, -0.05) is 34.5 Å². The number of hydrogen-bond donors (Lipinski definition) is 3. The Balaban J connectivity index is 1.89. The molecule has 3 N–H and O–H groups in total. The summed E-state index contributed by atoms with van der Waals surface area (Å²) >= 11 is 5.80. The first kappa shape index (κ1) is 21.2. The second kappa shape index (κ2) is 9.23. The van der Waals surface area contributed by atoms with Crippen molar-refractivity contribution in [1.29, 1.82) is 0 Å². The lowest BCUT2D eigenvalue weighted by atomic mass is 10.0. The number of benzene rings is 2. The van der Waals surface area contributed by atoms with E-state index in [2.05, 4.69) is 21.1 Å². The molecule has 0 spiro atoms. The number of carbonyl (C=O) groups is 2. The maximum atomic E-state index is 12.2. The maximum absolute atomic E-state index is 12.2. The molecule has 2 aromatic carbocycles. The fourth-order valence-electron chi connectivity index (χ4n) is 2.07. The summed E-state index contributed by atoms with van der Waals surface area (Å²) in [5.74, 6) is 0. The first-order valence-electron chi connectivity index (χ1n) is 8.60. The second-order valence-corrected chi connectivity index (χ2v) is 7.19. The van der Waals surface area contributed by atoms with Crippen molar-refractivity contribution in [2.45, 2.75) is 33.2 Å². The fraction of sp³-hybridized carbons (Fsp3) is 0.250. The van der Waals surface area contributed by atoms with Crippen LogP contribution in [0.2, 0.25) is 5.02 Å².